The van der Waals surface area contributed by atoms with E-state index in [0.29, 0.717) is 0 Å². The van der Waals surface area contributed by atoms with E-state index in [4.69, 9.17) is 5.73 Å². The Morgan fingerprint density at radius 1 is 1.50 bits per heavy atom. The number of likely N-dealkylation sites (tertiary alicyclic amines) is 1. The first kappa shape index (κ1) is 11.1. The molecule has 1 fully saturated rings. The number of piperidine rings is 1. The van der Waals surface area contributed by atoms with E-state index in [9.17, 15) is 4.79 Å². The van der Waals surface area contributed by atoms with E-state index in [1.54, 1.807) is 12.4 Å². The molecule has 1 aliphatic rings. The minimum absolute atomic E-state index is 0.0237. The van der Waals surface area contributed by atoms with E-state index >= 15 is 0 Å². The molecule has 2 rings (SSSR count). The Morgan fingerprint density at radius 3 is 2.94 bits per heavy atom. The number of nitrogens with zero attached hydrogens (tertiary/aromatic N) is 2. The van der Waals surface area contributed by atoms with Crippen molar-refractivity contribution < 1.29 is 4.79 Å². The third kappa shape index (κ3) is 2.79. The van der Waals surface area contributed by atoms with Gasteiger partial charge in [0.05, 0.1) is 5.92 Å². The van der Waals surface area contributed by atoms with Gasteiger partial charge >= 0.3 is 0 Å². The Balaban J connectivity index is 1.93. The van der Waals surface area contributed by atoms with Crippen LogP contribution in [0.25, 0.3) is 0 Å². The van der Waals surface area contributed by atoms with E-state index in [1.165, 1.54) is 5.56 Å². The third-order valence-corrected chi connectivity index (χ3v) is 3.06. The molecule has 1 saturated heterocycles. The van der Waals surface area contributed by atoms with Gasteiger partial charge < -0.3 is 5.73 Å². The maximum absolute atomic E-state index is 11.1. The summed E-state index contributed by atoms with van der Waals surface area (Å²) in [6.07, 6.45) is 5.58. The van der Waals surface area contributed by atoms with E-state index in [1.807, 2.05) is 12.1 Å². The fraction of sp³-hybridized carbons (Fsp3) is 0.500. The van der Waals surface area contributed by atoms with Crippen molar-refractivity contribution in [3.05, 3.63) is 30.1 Å². The lowest BCUT2D eigenvalue weighted by molar-refractivity contribution is -0.123. The van der Waals surface area contributed by atoms with Crippen molar-refractivity contribution in [3.63, 3.8) is 0 Å². The van der Waals surface area contributed by atoms with Gasteiger partial charge in [-0.2, -0.15) is 0 Å². The number of primary amides is 1. The lowest BCUT2D eigenvalue weighted by atomic mass is 9.97. The molecule has 0 aromatic carbocycles. The van der Waals surface area contributed by atoms with Gasteiger partial charge in [0.25, 0.3) is 0 Å². The maximum Gasteiger partial charge on any atom is 0.221 e. The van der Waals surface area contributed by atoms with Crippen LogP contribution >= 0.6 is 0 Å². The topological polar surface area (TPSA) is 59.2 Å². The predicted octanol–water partition coefficient (Wildman–Crippen LogP) is 0.779. The highest BCUT2D eigenvalue weighted by molar-refractivity contribution is 5.76. The minimum atomic E-state index is -0.167. The van der Waals surface area contributed by atoms with Crippen molar-refractivity contribution in [3.8, 4) is 0 Å². The lowest BCUT2D eigenvalue weighted by Gasteiger charge is -2.31. The van der Waals surface area contributed by atoms with Gasteiger partial charge in [0.2, 0.25) is 5.91 Å². The molecule has 0 radical (unpaired) electrons. The second-order valence-electron chi connectivity index (χ2n) is 4.33. The van der Waals surface area contributed by atoms with Crippen molar-refractivity contribution >= 4 is 5.91 Å². The summed E-state index contributed by atoms with van der Waals surface area (Å²) in [6.45, 7) is 2.72. The molecule has 1 unspecified atom stereocenters. The first-order chi connectivity index (χ1) is 7.75. The van der Waals surface area contributed by atoms with Crippen LogP contribution in [0.2, 0.25) is 0 Å². The highest BCUT2D eigenvalue weighted by Gasteiger charge is 2.23. The third-order valence-electron chi connectivity index (χ3n) is 3.06. The number of aromatic nitrogens is 1. The summed E-state index contributed by atoms with van der Waals surface area (Å²) in [5, 5.41) is 0. The van der Waals surface area contributed by atoms with Crippen LogP contribution in [0.5, 0.6) is 0 Å². The smallest absolute Gasteiger partial charge is 0.221 e. The molecule has 0 spiro atoms. The molecule has 0 bridgehead atoms. The minimum Gasteiger partial charge on any atom is -0.369 e. The van der Waals surface area contributed by atoms with E-state index in [-0.39, 0.29) is 11.8 Å². The SMILES string of the molecule is NC(=O)C1CCCN(Cc2ccncc2)C1. The van der Waals surface area contributed by atoms with Gasteiger partial charge in [0.1, 0.15) is 0 Å². The Labute approximate surface area is 95.5 Å². The first-order valence-electron chi connectivity index (χ1n) is 5.66. The number of amides is 1. The fourth-order valence-electron chi connectivity index (χ4n) is 2.18. The molecule has 1 aromatic rings. The number of hydrogen-bond donors (Lipinski definition) is 1. The molecule has 2 heterocycles. The lowest BCUT2D eigenvalue weighted by Crippen LogP contribution is -2.40. The first-order valence-corrected chi connectivity index (χ1v) is 5.66. The van der Waals surface area contributed by atoms with Crippen molar-refractivity contribution in [2.75, 3.05) is 13.1 Å². The molecule has 1 amide bonds. The van der Waals surface area contributed by atoms with Crippen LogP contribution in [0.4, 0.5) is 0 Å². The predicted molar refractivity (Wildman–Crippen MR) is 61.4 cm³/mol. The summed E-state index contributed by atoms with van der Waals surface area (Å²) >= 11 is 0. The molecular formula is C12H17N3O. The second-order valence-corrected chi connectivity index (χ2v) is 4.33. The monoisotopic (exact) mass is 219 g/mol. The largest absolute Gasteiger partial charge is 0.369 e. The van der Waals surface area contributed by atoms with Crippen molar-refractivity contribution in [1.82, 2.24) is 9.88 Å². The Morgan fingerprint density at radius 2 is 2.25 bits per heavy atom. The van der Waals surface area contributed by atoms with Gasteiger partial charge in [-0.15, -0.1) is 0 Å². The molecular weight excluding hydrogens is 202 g/mol. The summed E-state index contributed by atoms with van der Waals surface area (Å²) in [4.78, 5) is 17.4. The average molecular weight is 219 g/mol. The Hall–Kier alpha value is -1.42. The van der Waals surface area contributed by atoms with E-state index in [0.717, 1.165) is 32.5 Å². The quantitative estimate of drug-likeness (QED) is 0.817. The summed E-state index contributed by atoms with van der Waals surface area (Å²) in [5.41, 5.74) is 6.58. The standard InChI is InChI=1S/C12H17N3O/c13-12(16)11-2-1-7-15(9-11)8-10-3-5-14-6-4-10/h3-6,11H,1-2,7-9H2,(H2,13,16). The number of carbonyl (C=O) groups is 1. The van der Waals surface area contributed by atoms with Crippen LogP contribution in [-0.2, 0) is 11.3 Å². The molecule has 0 saturated carbocycles. The molecule has 4 nitrogen and oxygen atoms in total. The maximum atomic E-state index is 11.1. The van der Waals surface area contributed by atoms with E-state index < -0.39 is 0 Å². The highest BCUT2D eigenvalue weighted by atomic mass is 16.1. The highest BCUT2D eigenvalue weighted by Crippen LogP contribution is 2.17. The number of carbonyl (C=O) groups excluding carboxylic acids is 1. The zero-order chi connectivity index (χ0) is 11.4. The molecule has 16 heavy (non-hydrogen) atoms. The van der Waals surface area contributed by atoms with Gasteiger partial charge in [-0.25, -0.2) is 0 Å². The molecule has 0 aliphatic carbocycles. The zero-order valence-electron chi connectivity index (χ0n) is 9.30. The number of pyridine rings is 1. The van der Waals surface area contributed by atoms with Crippen molar-refractivity contribution in [2.45, 2.75) is 19.4 Å². The summed E-state index contributed by atoms with van der Waals surface area (Å²) in [7, 11) is 0. The Kier molecular flexibility index (Phi) is 3.51. The van der Waals surface area contributed by atoms with Gasteiger partial charge in [-0.05, 0) is 37.1 Å². The fourth-order valence-corrected chi connectivity index (χ4v) is 2.18. The summed E-state index contributed by atoms with van der Waals surface area (Å²) < 4.78 is 0. The van der Waals surface area contributed by atoms with Crippen LogP contribution < -0.4 is 5.73 Å². The summed E-state index contributed by atoms with van der Waals surface area (Å²) in [5.74, 6) is -0.144. The molecule has 2 N–H and O–H groups in total. The van der Waals surface area contributed by atoms with Crippen LogP contribution in [0, 0.1) is 5.92 Å². The molecule has 1 aliphatic heterocycles. The number of nitrogens with two attached hydrogens (primary N) is 1. The molecule has 4 heteroatoms. The van der Waals surface area contributed by atoms with Gasteiger partial charge in [0.15, 0.2) is 0 Å². The Bertz CT molecular complexity index is 353. The molecule has 1 atom stereocenters. The van der Waals surface area contributed by atoms with Crippen molar-refractivity contribution in [2.24, 2.45) is 11.7 Å². The molecule has 86 valence electrons. The van der Waals surface area contributed by atoms with Gasteiger partial charge in [0, 0.05) is 25.5 Å². The number of rotatable bonds is 3. The summed E-state index contributed by atoms with van der Waals surface area (Å²) in [6, 6.07) is 4.02. The van der Waals surface area contributed by atoms with Crippen LogP contribution in [0.3, 0.4) is 0 Å². The average Bonchev–Trinajstić information content (AvgIpc) is 2.30. The number of hydrogen-bond acceptors (Lipinski definition) is 3. The zero-order valence-corrected chi connectivity index (χ0v) is 9.30. The van der Waals surface area contributed by atoms with Crippen LogP contribution in [-0.4, -0.2) is 28.9 Å². The van der Waals surface area contributed by atoms with Crippen molar-refractivity contribution in [1.29, 1.82) is 0 Å². The van der Waals surface area contributed by atoms with Crippen LogP contribution in [0.15, 0.2) is 24.5 Å². The van der Waals surface area contributed by atoms with Gasteiger partial charge in [-0.3, -0.25) is 14.7 Å². The second kappa shape index (κ2) is 5.07. The van der Waals surface area contributed by atoms with Gasteiger partial charge in [-0.1, -0.05) is 0 Å². The molecule has 1 aromatic heterocycles. The van der Waals surface area contributed by atoms with Crippen LogP contribution in [0.1, 0.15) is 18.4 Å². The normalized spacial score (nSPS) is 21.9. The van der Waals surface area contributed by atoms with E-state index in [2.05, 4.69) is 9.88 Å².